The van der Waals surface area contributed by atoms with Crippen LogP contribution < -0.4 is 0 Å². The van der Waals surface area contributed by atoms with E-state index in [2.05, 4.69) is 58.2 Å². The zero-order valence-electron chi connectivity index (χ0n) is 15.9. The topological polar surface area (TPSA) is 3.24 Å². The lowest BCUT2D eigenvalue weighted by molar-refractivity contribution is 0.194. The summed E-state index contributed by atoms with van der Waals surface area (Å²) in [5.74, 6) is 1.03. The van der Waals surface area contributed by atoms with Crippen molar-refractivity contribution in [3.63, 3.8) is 0 Å². The molecule has 1 atom stereocenters. The summed E-state index contributed by atoms with van der Waals surface area (Å²) in [4.78, 5) is 2.65. The smallest absolute Gasteiger partial charge is 0.0284 e. The predicted octanol–water partition coefficient (Wildman–Crippen LogP) is 7.42. The van der Waals surface area contributed by atoms with E-state index < -0.39 is 0 Å². The first-order valence-corrected chi connectivity index (χ1v) is 11.2. The quantitative estimate of drug-likeness (QED) is 0.477. The van der Waals surface area contributed by atoms with E-state index in [-0.39, 0.29) is 0 Å². The predicted molar refractivity (Wildman–Crippen MR) is 113 cm³/mol. The van der Waals surface area contributed by atoms with Crippen LogP contribution in [0.1, 0.15) is 83.1 Å². The maximum atomic E-state index is 3.60. The van der Waals surface area contributed by atoms with Crippen molar-refractivity contribution < 1.29 is 0 Å². The molecule has 0 bridgehead atoms. The van der Waals surface area contributed by atoms with Crippen LogP contribution in [0.2, 0.25) is 0 Å². The molecule has 1 nitrogen and oxygen atoms in total. The Morgan fingerprint density at radius 2 is 1.88 bits per heavy atom. The average molecular weight is 404 g/mol. The average Bonchev–Trinajstić information content (AvgIpc) is 2.64. The van der Waals surface area contributed by atoms with Gasteiger partial charge in [0.15, 0.2) is 0 Å². The number of allylic oxidation sites excluding steroid dienone is 1. The van der Waals surface area contributed by atoms with Gasteiger partial charge in [-0.25, -0.2) is 0 Å². The molecule has 0 radical (unpaired) electrons. The highest BCUT2D eigenvalue weighted by Gasteiger charge is 2.21. The fraction of sp³-hybridized carbons (Fsp3) is 0.652. The molecule has 138 valence electrons. The van der Waals surface area contributed by atoms with E-state index >= 15 is 0 Å². The zero-order valence-corrected chi connectivity index (χ0v) is 17.4. The van der Waals surface area contributed by atoms with E-state index in [1.807, 2.05) is 0 Å². The van der Waals surface area contributed by atoms with Gasteiger partial charge in [0.25, 0.3) is 0 Å². The summed E-state index contributed by atoms with van der Waals surface area (Å²) in [6.07, 6.45) is 18.3. The van der Waals surface area contributed by atoms with Crippen LogP contribution in [0.5, 0.6) is 0 Å². The molecule has 1 aromatic carbocycles. The van der Waals surface area contributed by atoms with Crippen LogP contribution in [0, 0.1) is 5.92 Å². The normalized spacial score (nSPS) is 23.0. The minimum absolute atomic E-state index is 0.763. The summed E-state index contributed by atoms with van der Waals surface area (Å²) in [7, 11) is 0. The molecule has 1 heterocycles. The minimum Gasteiger partial charge on any atom is -0.374 e. The lowest BCUT2D eigenvalue weighted by Crippen LogP contribution is -2.35. The fourth-order valence-electron chi connectivity index (χ4n) is 4.68. The highest BCUT2D eigenvalue weighted by molar-refractivity contribution is 9.10. The molecular weight excluding hydrogens is 370 g/mol. The molecule has 1 unspecified atom stereocenters. The number of piperidine rings is 1. The zero-order chi connectivity index (χ0) is 17.5. The van der Waals surface area contributed by atoms with Crippen LogP contribution in [0.3, 0.4) is 0 Å². The maximum Gasteiger partial charge on any atom is 0.0284 e. The van der Waals surface area contributed by atoms with Gasteiger partial charge < -0.3 is 4.90 Å². The van der Waals surface area contributed by atoms with Crippen LogP contribution in [-0.2, 0) is 0 Å². The molecule has 2 heteroatoms. The fourth-order valence-corrected chi connectivity index (χ4v) is 5.08. The summed E-state index contributed by atoms with van der Waals surface area (Å²) in [5.41, 5.74) is 2.72. The van der Waals surface area contributed by atoms with Crippen molar-refractivity contribution >= 4 is 21.5 Å². The van der Waals surface area contributed by atoms with E-state index in [0.29, 0.717) is 0 Å². The van der Waals surface area contributed by atoms with E-state index in [4.69, 9.17) is 0 Å². The molecule has 0 spiro atoms. The first kappa shape index (κ1) is 19.0. The van der Waals surface area contributed by atoms with E-state index in [0.717, 1.165) is 12.0 Å². The first-order chi connectivity index (χ1) is 12.2. The largest absolute Gasteiger partial charge is 0.374 e. The molecule has 0 amide bonds. The Morgan fingerprint density at radius 3 is 2.68 bits per heavy atom. The number of nitrogens with zero attached hydrogens (tertiary/aromatic N) is 1. The molecule has 2 fully saturated rings. The van der Waals surface area contributed by atoms with Crippen molar-refractivity contribution in [2.75, 3.05) is 6.54 Å². The standard InChI is InChI=1S/C23H34BrN/c1-19(21-12-8-13-22(24)17-21)18-25-16-6-5-14-23(25)15-7-11-20-9-3-2-4-10-20/h8,12-13,17-18,20,23H,2-7,9-11,14-16H2,1H3/b19-18+. The Kier molecular flexibility index (Phi) is 7.46. The van der Waals surface area contributed by atoms with Crippen LogP contribution >= 0.6 is 15.9 Å². The monoisotopic (exact) mass is 403 g/mol. The van der Waals surface area contributed by atoms with E-state index in [1.54, 1.807) is 0 Å². The molecule has 1 saturated carbocycles. The third kappa shape index (κ3) is 5.88. The Bertz CT molecular complexity index is 559. The lowest BCUT2D eigenvalue weighted by Gasteiger charge is -2.36. The van der Waals surface area contributed by atoms with Gasteiger partial charge in [-0.05, 0) is 61.8 Å². The van der Waals surface area contributed by atoms with Crippen molar-refractivity contribution in [2.45, 2.75) is 83.6 Å². The molecule has 1 aliphatic heterocycles. The minimum atomic E-state index is 0.763. The van der Waals surface area contributed by atoms with Gasteiger partial charge in [-0.3, -0.25) is 0 Å². The molecule has 3 rings (SSSR count). The Hall–Kier alpha value is -0.760. The molecule has 1 aliphatic carbocycles. The van der Waals surface area contributed by atoms with Crippen LogP contribution in [-0.4, -0.2) is 17.5 Å². The second kappa shape index (κ2) is 9.80. The van der Waals surface area contributed by atoms with Gasteiger partial charge in [0, 0.05) is 23.3 Å². The van der Waals surface area contributed by atoms with Crippen LogP contribution in [0.25, 0.3) is 5.57 Å². The highest BCUT2D eigenvalue weighted by atomic mass is 79.9. The van der Waals surface area contributed by atoms with Gasteiger partial charge in [-0.15, -0.1) is 0 Å². The van der Waals surface area contributed by atoms with Crippen molar-refractivity contribution in [1.29, 1.82) is 0 Å². The number of halogens is 1. The van der Waals surface area contributed by atoms with Gasteiger partial charge >= 0.3 is 0 Å². The summed E-state index contributed by atoms with van der Waals surface area (Å²) in [6.45, 7) is 3.49. The van der Waals surface area contributed by atoms with E-state index in [9.17, 15) is 0 Å². The Labute approximate surface area is 163 Å². The number of likely N-dealkylation sites (tertiary alicyclic amines) is 1. The third-order valence-corrected chi connectivity index (χ3v) is 6.68. The third-order valence-electron chi connectivity index (χ3n) is 6.19. The summed E-state index contributed by atoms with van der Waals surface area (Å²) in [5, 5.41) is 0. The van der Waals surface area contributed by atoms with Gasteiger partial charge in [0.1, 0.15) is 0 Å². The van der Waals surface area contributed by atoms with Crippen molar-refractivity contribution in [3.8, 4) is 0 Å². The van der Waals surface area contributed by atoms with Gasteiger partial charge in [0.2, 0.25) is 0 Å². The van der Waals surface area contributed by atoms with Crippen LogP contribution in [0.15, 0.2) is 34.9 Å². The van der Waals surface area contributed by atoms with E-state index in [1.165, 1.54) is 92.8 Å². The molecule has 25 heavy (non-hydrogen) atoms. The summed E-state index contributed by atoms with van der Waals surface area (Å²) >= 11 is 3.60. The van der Waals surface area contributed by atoms with Gasteiger partial charge in [-0.1, -0.05) is 73.0 Å². The highest BCUT2D eigenvalue weighted by Crippen LogP contribution is 2.30. The summed E-state index contributed by atoms with van der Waals surface area (Å²) in [6, 6.07) is 9.45. The number of hydrogen-bond donors (Lipinski definition) is 0. The second-order valence-electron chi connectivity index (χ2n) is 8.14. The van der Waals surface area contributed by atoms with Crippen LogP contribution in [0.4, 0.5) is 0 Å². The molecule has 1 aromatic rings. The Morgan fingerprint density at radius 1 is 1.08 bits per heavy atom. The number of hydrogen-bond acceptors (Lipinski definition) is 1. The molecule has 1 saturated heterocycles. The molecule has 0 aromatic heterocycles. The molecule has 2 aliphatic rings. The molecular formula is C23H34BrN. The van der Waals surface area contributed by atoms with Crippen molar-refractivity contribution in [2.24, 2.45) is 5.92 Å². The van der Waals surface area contributed by atoms with Crippen molar-refractivity contribution in [1.82, 2.24) is 4.90 Å². The summed E-state index contributed by atoms with van der Waals surface area (Å²) < 4.78 is 1.17. The number of rotatable bonds is 6. The van der Waals surface area contributed by atoms with Gasteiger partial charge in [0.05, 0.1) is 0 Å². The first-order valence-electron chi connectivity index (χ1n) is 10.4. The lowest BCUT2D eigenvalue weighted by atomic mass is 9.85. The Balaban J connectivity index is 1.55. The number of benzene rings is 1. The second-order valence-corrected chi connectivity index (χ2v) is 9.06. The van der Waals surface area contributed by atoms with Crippen molar-refractivity contribution in [3.05, 3.63) is 40.5 Å². The SMILES string of the molecule is C/C(=C\N1CCCCC1CCCC1CCCCC1)c1cccc(Br)c1. The van der Waals surface area contributed by atoms with Gasteiger partial charge in [-0.2, -0.15) is 0 Å². The molecule has 0 N–H and O–H groups in total. The maximum absolute atomic E-state index is 3.60.